The minimum absolute atomic E-state index is 0.157. The quantitative estimate of drug-likeness (QED) is 0.846. The molecule has 2 unspecified atom stereocenters. The standard InChI is InChI=1S/C15H29NO3S/c1-3-16-12-7-9-13(10-8-12)19-14-5-4-6-15(11-14)20(2,17)18/h12-16H,3-11H2,1-2H3. The van der Waals surface area contributed by atoms with Crippen molar-refractivity contribution < 1.29 is 13.2 Å². The lowest BCUT2D eigenvalue weighted by Gasteiger charge is -2.34. The first kappa shape index (κ1) is 16.2. The van der Waals surface area contributed by atoms with Gasteiger partial charge in [-0.15, -0.1) is 0 Å². The first-order valence-corrected chi connectivity index (χ1v) is 10.0. The summed E-state index contributed by atoms with van der Waals surface area (Å²) in [6, 6.07) is 0.648. The average molecular weight is 303 g/mol. The van der Waals surface area contributed by atoms with E-state index in [1.54, 1.807) is 0 Å². The maximum Gasteiger partial charge on any atom is 0.150 e. The van der Waals surface area contributed by atoms with Crippen molar-refractivity contribution in [3.63, 3.8) is 0 Å². The second kappa shape index (κ2) is 7.23. The van der Waals surface area contributed by atoms with E-state index in [0.29, 0.717) is 18.6 Å². The molecule has 2 aliphatic rings. The molecule has 20 heavy (non-hydrogen) atoms. The van der Waals surface area contributed by atoms with Crippen LogP contribution in [0.15, 0.2) is 0 Å². The van der Waals surface area contributed by atoms with Gasteiger partial charge < -0.3 is 10.1 Å². The van der Waals surface area contributed by atoms with E-state index < -0.39 is 9.84 Å². The Kier molecular flexibility index (Phi) is 5.87. The number of hydrogen-bond acceptors (Lipinski definition) is 4. The minimum atomic E-state index is -2.91. The molecule has 4 nitrogen and oxygen atoms in total. The zero-order chi connectivity index (χ0) is 14.6. The molecule has 2 fully saturated rings. The fourth-order valence-electron chi connectivity index (χ4n) is 3.58. The Bertz CT molecular complexity index is 388. The van der Waals surface area contributed by atoms with Crippen molar-refractivity contribution in [3.05, 3.63) is 0 Å². The molecule has 0 aliphatic heterocycles. The zero-order valence-electron chi connectivity index (χ0n) is 12.8. The number of rotatable bonds is 5. The molecule has 118 valence electrons. The Morgan fingerprint density at radius 3 is 2.35 bits per heavy atom. The zero-order valence-corrected chi connectivity index (χ0v) is 13.6. The third kappa shape index (κ3) is 4.71. The number of sulfone groups is 1. The molecule has 0 amide bonds. The topological polar surface area (TPSA) is 55.4 Å². The Morgan fingerprint density at radius 2 is 1.75 bits per heavy atom. The van der Waals surface area contributed by atoms with Crippen LogP contribution in [-0.2, 0) is 14.6 Å². The van der Waals surface area contributed by atoms with Crippen LogP contribution in [-0.4, -0.2) is 44.7 Å². The highest BCUT2D eigenvalue weighted by Gasteiger charge is 2.31. The molecule has 0 saturated heterocycles. The fourth-order valence-corrected chi connectivity index (χ4v) is 4.74. The molecule has 2 saturated carbocycles. The Labute approximate surface area is 123 Å². The van der Waals surface area contributed by atoms with E-state index in [9.17, 15) is 8.42 Å². The lowest BCUT2D eigenvalue weighted by Crippen LogP contribution is -2.38. The Morgan fingerprint density at radius 1 is 1.05 bits per heavy atom. The number of hydrogen-bond donors (Lipinski definition) is 1. The van der Waals surface area contributed by atoms with E-state index in [2.05, 4.69) is 12.2 Å². The molecule has 2 atom stereocenters. The Balaban J connectivity index is 1.77. The Hall–Kier alpha value is -0.130. The van der Waals surface area contributed by atoms with Crippen LogP contribution in [0.2, 0.25) is 0 Å². The highest BCUT2D eigenvalue weighted by molar-refractivity contribution is 7.91. The maximum absolute atomic E-state index is 11.7. The van der Waals surface area contributed by atoms with Gasteiger partial charge in [-0.3, -0.25) is 0 Å². The molecule has 0 aromatic heterocycles. The predicted octanol–water partition coefficient (Wildman–Crippen LogP) is 2.28. The second-order valence-corrected chi connectivity index (χ2v) is 8.73. The molecule has 2 aliphatic carbocycles. The molecular formula is C15H29NO3S. The van der Waals surface area contributed by atoms with E-state index in [4.69, 9.17) is 4.74 Å². The molecule has 2 rings (SSSR count). The molecule has 5 heteroatoms. The predicted molar refractivity (Wildman–Crippen MR) is 81.7 cm³/mol. The second-order valence-electron chi connectivity index (χ2n) is 6.41. The summed E-state index contributed by atoms with van der Waals surface area (Å²) in [5.41, 5.74) is 0. The van der Waals surface area contributed by atoms with Crippen LogP contribution >= 0.6 is 0 Å². The molecule has 1 N–H and O–H groups in total. The van der Waals surface area contributed by atoms with Crippen LogP contribution in [0.4, 0.5) is 0 Å². The first-order chi connectivity index (χ1) is 9.49. The van der Waals surface area contributed by atoms with Crippen molar-refractivity contribution in [2.24, 2.45) is 0 Å². The lowest BCUT2D eigenvalue weighted by atomic mass is 9.91. The van der Waals surface area contributed by atoms with Gasteiger partial charge in [0.05, 0.1) is 17.5 Å². The third-order valence-electron chi connectivity index (χ3n) is 4.74. The summed E-state index contributed by atoms with van der Waals surface area (Å²) in [4.78, 5) is 0. The normalized spacial score (nSPS) is 35.9. The minimum Gasteiger partial charge on any atom is -0.375 e. The highest BCUT2D eigenvalue weighted by atomic mass is 32.2. The van der Waals surface area contributed by atoms with Crippen LogP contribution in [0.5, 0.6) is 0 Å². The van der Waals surface area contributed by atoms with Crippen molar-refractivity contribution in [3.8, 4) is 0 Å². The van der Waals surface area contributed by atoms with Crippen molar-refractivity contribution >= 4 is 9.84 Å². The van der Waals surface area contributed by atoms with Gasteiger partial charge in [-0.2, -0.15) is 0 Å². The summed E-state index contributed by atoms with van der Waals surface area (Å²) in [6.45, 7) is 3.19. The van der Waals surface area contributed by atoms with E-state index in [-0.39, 0.29) is 11.4 Å². The molecule has 0 spiro atoms. The van der Waals surface area contributed by atoms with Crippen molar-refractivity contribution in [1.29, 1.82) is 0 Å². The third-order valence-corrected chi connectivity index (χ3v) is 6.37. The van der Waals surface area contributed by atoms with E-state index in [1.165, 1.54) is 19.1 Å². The number of ether oxygens (including phenoxy) is 1. The summed E-state index contributed by atoms with van der Waals surface area (Å²) in [6.07, 6.45) is 9.96. The first-order valence-electron chi connectivity index (χ1n) is 8.06. The lowest BCUT2D eigenvalue weighted by molar-refractivity contribution is -0.0474. The van der Waals surface area contributed by atoms with Gasteiger partial charge in [0.1, 0.15) is 9.84 Å². The molecule has 0 aromatic carbocycles. The van der Waals surface area contributed by atoms with Crippen LogP contribution in [0.25, 0.3) is 0 Å². The summed E-state index contributed by atoms with van der Waals surface area (Å²) in [5.74, 6) is 0. The largest absolute Gasteiger partial charge is 0.375 e. The van der Waals surface area contributed by atoms with Gasteiger partial charge in [0.15, 0.2) is 0 Å². The summed E-state index contributed by atoms with van der Waals surface area (Å²) >= 11 is 0. The monoisotopic (exact) mass is 303 g/mol. The molecule has 0 heterocycles. The van der Waals surface area contributed by atoms with E-state index in [0.717, 1.165) is 38.6 Å². The van der Waals surface area contributed by atoms with Gasteiger partial charge >= 0.3 is 0 Å². The van der Waals surface area contributed by atoms with Crippen LogP contribution in [0.3, 0.4) is 0 Å². The fraction of sp³-hybridized carbons (Fsp3) is 1.00. The summed E-state index contributed by atoms with van der Waals surface area (Å²) < 4.78 is 29.5. The average Bonchev–Trinajstić information content (AvgIpc) is 2.41. The van der Waals surface area contributed by atoms with Gasteiger partial charge in [-0.05, 0) is 57.9 Å². The van der Waals surface area contributed by atoms with Crippen molar-refractivity contribution in [1.82, 2.24) is 5.32 Å². The SMILES string of the molecule is CCNC1CCC(OC2CCCC(S(C)(=O)=O)C2)CC1. The maximum atomic E-state index is 11.7. The highest BCUT2D eigenvalue weighted by Crippen LogP contribution is 2.30. The molecular weight excluding hydrogens is 274 g/mol. The van der Waals surface area contributed by atoms with Crippen LogP contribution in [0.1, 0.15) is 58.3 Å². The van der Waals surface area contributed by atoms with Crippen LogP contribution < -0.4 is 5.32 Å². The molecule has 0 bridgehead atoms. The van der Waals surface area contributed by atoms with Gasteiger partial charge in [0, 0.05) is 12.3 Å². The summed E-state index contributed by atoms with van der Waals surface area (Å²) in [7, 11) is -2.91. The van der Waals surface area contributed by atoms with E-state index in [1.807, 2.05) is 0 Å². The molecule has 0 aromatic rings. The number of nitrogens with one attached hydrogen (secondary N) is 1. The summed E-state index contributed by atoms with van der Waals surface area (Å²) in [5, 5.41) is 3.32. The van der Waals surface area contributed by atoms with Crippen molar-refractivity contribution in [2.75, 3.05) is 12.8 Å². The van der Waals surface area contributed by atoms with Crippen molar-refractivity contribution in [2.45, 2.75) is 81.8 Å². The smallest absolute Gasteiger partial charge is 0.150 e. The van der Waals surface area contributed by atoms with Gasteiger partial charge in [0.25, 0.3) is 0 Å². The van der Waals surface area contributed by atoms with Gasteiger partial charge in [-0.25, -0.2) is 8.42 Å². The van der Waals surface area contributed by atoms with E-state index >= 15 is 0 Å². The van der Waals surface area contributed by atoms with Gasteiger partial charge in [-0.1, -0.05) is 6.92 Å². The molecule has 0 radical (unpaired) electrons. The van der Waals surface area contributed by atoms with Gasteiger partial charge in [0.2, 0.25) is 0 Å². The van der Waals surface area contributed by atoms with Crippen LogP contribution in [0, 0.1) is 0 Å².